The number of phenolic OH excluding ortho intramolecular Hbond substituents is 2. The summed E-state index contributed by atoms with van der Waals surface area (Å²) in [5.41, 5.74) is 0.221. The largest absolute Gasteiger partial charge is 0.508 e. The molecule has 0 aromatic heterocycles. The molecule has 0 saturated heterocycles. The van der Waals surface area contributed by atoms with Crippen LogP contribution in [0.1, 0.15) is 5.56 Å². The molecule has 0 fully saturated rings. The van der Waals surface area contributed by atoms with Crippen molar-refractivity contribution < 1.29 is 24.9 Å². The average molecular weight is 205 g/mol. The molecule has 0 atom stereocenters. The van der Waals surface area contributed by atoms with Gasteiger partial charge in [0.05, 0.1) is 0 Å². The van der Waals surface area contributed by atoms with Crippen molar-refractivity contribution in [2.75, 3.05) is 0 Å². The van der Waals surface area contributed by atoms with Crippen LogP contribution in [-0.4, -0.2) is 24.9 Å². The van der Waals surface area contributed by atoms with Crippen molar-refractivity contribution in [3.8, 4) is 11.5 Å². The minimum absolute atomic E-state index is 0.202. The molecule has 1 aromatic rings. The van der Waals surface area contributed by atoms with E-state index in [-0.39, 0.29) is 16.6 Å². The van der Waals surface area contributed by atoms with Crippen molar-refractivity contribution in [1.29, 1.82) is 0 Å². The van der Waals surface area contributed by atoms with Crippen LogP contribution in [0.2, 0.25) is 0 Å². The highest BCUT2D eigenvalue weighted by atomic mass is 31.2. The van der Waals surface area contributed by atoms with Crippen molar-refractivity contribution in [3.63, 3.8) is 0 Å². The number of aryl methyl sites for hydroxylation is 1. The highest BCUT2D eigenvalue weighted by Gasteiger charge is 2.39. The molecule has 0 aliphatic heterocycles. The standard InChI is InChI=1S/C7H9O5P/c1-4-2-5(8)3-6(9)7(4)13(10,11)12/h2-3,10-12H,1H3,(H-,8,9)/p+1. The maximum atomic E-state index is 9.20. The fourth-order valence-corrected chi connectivity index (χ4v) is 2.04. The Balaban J connectivity index is 3.38. The molecule has 6 heteroatoms. The summed E-state index contributed by atoms with van der Waals surface area (Å²) < 4.78 is 0. The molecule has 0 saturated carbocycles. The third-order valence-corrected chi connectivity index (χ3v) is 2.75. The van der Waals surface area contributed by atoms with E-state index in [4.69, 9.17) is 19.8 Å². The molecule has 1 aromatic carbocycles. The van der Waals surface area contributed by atoms with E-state index in [0.717, 1.165) is 6.07 Å². The van der Waals surface area contributed by atoms with Crippen LogP contribution in [0.25, 0.3) is 0 Å². The van der Waals surface area contributed by atoms with Crippen LogP contribution in [-0.2, 0) is 0 Å². The first-order chi connectivity index (χ1) is 5.82. The normalized spacial score (nSPS) is 11.7. The summed E-state index contributed by atoms with van der Waals surface area (Å²) in [6, 6.07) is 2.15. The molecule has 72 valence electrons. The SMILES string of the molecule is Cc1cc(O)cc(O)c1[P+](O)(O)O. The lowest BCUT2D eigenvalue weighted by Gasteiger charge is -2.08. The number of aromatic hydroxyl groups is 2. The molecule has 0 spiro atoms. The molecule has 0 unspecified atom stereocenters. The summed E-state index contributed by atoms with van der Waals surface area (Å²) in [5, 5.41) is 17.9. The maximum Gasteiger partial charge on any atom is 0.445 e. The number of rotatable bonds is 1. The molecule has 0 radical (unpaired) electrons. The zero-order valence-corrected chi connectivity index (χ0v) is 7.73. The molecule has 5 nitrogen and oxygen atoms in total. The predicted molar refractivity (Wildman–Crippen MR) is 47.7 cm³/mol. The van der Waals surface area contributed by atoms with Gasteiger partial charge in [-0.15, -0.1) is 0 Å². The van der Waals surface area contributed by atoms with Crippen LogP contribution < -0.4 is 5.30 Å². The first-order valence-electron chi connectivity index (χ1n) is 3.43. The van der Waals surface area contributed by atoms with E-state index in [2.05, 4.69) is 0 Å². The summed E-state index contributed by atoms with van der Waals surface area (Å²) in [6.07, 6.45) is 0. The van der Waals surface area contributed by atoms with E-state index in [1.165, 1.54) is 13.0 Å². The number of hydrogen-bond donors (Lipinski definition) is 5. The topological polar surface area (TPSA) is 101 Å². The third-order valence-electron chi connectivity index (χ3n) is 1.57. The Bertz CT molecular complexity index is 307. The highest BCUT2D eigenvalue weighted by molar-refractivity contribution is 7.67. The Hall–Kier alpha value is -0.870. The van der Waals surface area contributed by atoms with Gasteiger partial charge in [-0.25, -0.2) is 0 Å². The molecule has 1 rings (SSSR count). The van der Waals surface area contributed by atoms with Crippen LogP contribution >= 0.6 is 7.94 Å². The minimum atomic E-state index is -4.22. The first kappa shape index (κ1) is 10.2. The number of hydrogen-bond acceptors (Lipinski definition) is 5. The summed E-state index contributed by atoms with van der Waals surface area (Å²) in [4.78, 5) is 26.8. The summed E-state index contributed by atoms with van der Waals surface area (Å²) >= 11 is 0. The van der Waals surface area contributed by atoms with Crippen LogP contribution in [0.5, 0.6) is 11.5 Å². The fraction of sp³-hybridized carbons (Fsp3) is 0.143. The summed E-state index contributed by atoms with van der Waals surface area (Å²) in [7, 11) is -4.22. The van der Waals surface area contributed by atoms with Crippen molar-refractivity contribution in [2.45, 2.75) is 6.92 Å². The maximum absolute atomic E-state index is 9.20. The quantitative estimate of drug-likeness (QED) is 0.408. The lowest BCUT2D eigenvalue weighted by atomic mass is 10.2. The molecular weight excluding hydrogens is 195 g/mol. The molecular formula is C7H10O5P+. The van der Waals surface area contributed by atoms with E-state index in [0.29, 0.717) is 0 Å². The van der Waals surface area contributed by atoms with E-state index in [9.17, 15) is 5.11 Å². The van der Waals surface area contributed by atoms with E-state index in [1.54, 1.807) is 0 Å². The van der Waals surface area contributed by atoms with Crippen molar-refractivity contribution in [1.82, 2.24) is 0 Å². The van der Waals surface area contributed by atoms with Gasteiger partial charge in [0.25, 0.3) is 0 Å². The predicted octanol–water partition coefficient (Wildman–Crippen LogP) is -0.229. The Morgan fingerprint density at radius 3 is 2.00 bits per heavy atom. The van der Waals surface area contributed by atoms with Gasteiger partial charge >= 0.3 is 7.94 Å². The molecule has 0 amide bonds. The summed E-state index contributed by atoms with van der Waals surface area (Å²) in [6.45, 7) is 1.44. The lowest BCUT2D eigenvalue weighted by molar-refractivity contribution is 0.344. The Kier molecular flexibility index (Phi) is 2.45. The second-order valence-corrected chi connectivity index (χ2v) is 4.28. The minimum Gasteiger partial charge on any atom is -0.508 e. The van der Waals surface area contributed by atoms with Gasteiger partial charge in [-0.3, -0.25) is 0 Å². The zero-order chi connectivity index (χ0) is 10.2. The second kappa shape index (κ2) is 3.12. The van der Waals surface area contributed by atoms with Gasteiger partial charge in [0.15, 0.2) is 5.75 Å². The monoisotopic (exact) mass is 205 g/mol. The van der Waals surface area contributed by atoms with Gasteiger partial charge < -0.3 is 10.2 Å². The van der Waals surface area contributed by atoms with Crippen LogP contribution in [0, 0.1) is 6.92 Å². The molecule has 13 heavy (non-hydrogen) atoms. The van der Waals surface area contributed by atoms with Crippen LogP contribution in [0.15, 0.2) is 12.1 Å². The van der Waals surface area contributed by atoms with Crippen molar-refractivity contribution in [2.24, 2.45) is 0 Å². The van der Waals surface area contributed by atoms with E-state index >= 15 is 0 Å². The van der Waals surface area contributed by atoms with Gasteiger partial charge in [-0.05, 0) is 13.0 Å². The van der Waals surface area contributed by atoms with Gasteiger partial charge in [0, 0.05) is 11.6 Å². The Labute approximate surface area is 75.1 Å². The van der Waals surface area contributed by atoms with Crippen LogP contribution in [0.4, 0.5) is 0 Å². The summed E-state index contributed by atoms with van der Waals surface area (Å²) in [5.74, 6) is -0.731. The highest BCUT2D eigenvalue weighted by Crippen LogP contribution is 2.47. The van der Waals surface area contributed by atoms with Gasteiger partial charge in [0.2, 0.25) is 5.30 Å². The molecule has 0 aliphatic rings. The van der Waals surface area contributed by atoms with Gasteiger partial charge in [0.1, 0.15) is 5.75 Å². The molecule has 5 N–H and O–H groups in total. The fourth-order valence-electron chi connectivity index (χ4n) is 1.13. The Morgan fingerprint density at radius 2 is 1.62 bits per heavy atom. The lowest BCUT2D eigenvalue weighted by Crippen LogP contribution is -2.13. The van der Waals surface area contributed by atoms with Crippen molar-refractivity contribution >= 4 is 13.2 Å². The van der Waals surface area contributed by atoms with Crippen molar-refractivity contribution in [3.05, 3.63) is 17.7 Å². The zero-order valence-electron chi connectivity index (χ0n) is 6.84. The van der Waals surface area contributed by atoms with Gasteiger partial charge in [-0.1, -0.05) is 0 Å². The first-order valence-corrected chi connectivity index (χ1v) is 5.07. The van der Waals surface area contributed by atoms with E-state index < -0.39 is 13.7 Å². The molecule has 0 heterocycles. The van der Waals surface area contributed by atoms with Gasteiger partial charge in [-0.2, -0.15) is 14.7 Å². The Morgan fingerprint density at radius 1 is 1.08 bits per heavy atom. The van der Waals surface area contributed by atoms with E-state index in [1.807, 2.05) is 0 Å². The second-order valence-electron chi connectivity index (χ2n) is 2.70. The smallest absolute Gasteiger partial charge is 0.445 e. The third kappa shape index (κ3) is 2.08. The average Bonchev–Trinajstić information content (AvgIpc) is 1.78. The molecule has 0 aliphatic carbocycles. The van der Waals surface area contributed by atoms with Crippen LogP contribution in [0.3, 0.4) is 0 Å². The molecule has 0 bridgehead atoms. The number of benzene rings is 1. The number of phenols is 2.